The van der Waals surface area contributed by atoms with Crippen LogP contribution >= 0.6 is 0 Å². The van der Waals surface area contributed by atoms with E-state index < -0.39 is 0 Å². The molecule has 1 amide bonds. The Hall–Kier alpha value is -1.81. The van der Waals surface area contributed by atoms with Gasteiger partial charge in [0.2, 0.25) is 5.91 Å². The van der Waals surface area contributed by atoms with Crippen LogP contribution in [0, 0.1) is 6.92 Å². The van der Waals surface area contributed by atoms with Crippen LogP contribution in [0.15, 0.2) is 28.9 Å². The van der Waals surface area contributed by atoms with Gasteiger partial charge >= 0.3 is 0 Å². The smallest absolute Gasteiger partial charge is 0.224 e. The predicted molar refractivity (Wildman–Crippen MR) is 69.5 cm³/mol. The number of hydrogen-bond donors (Lipinski definition) is 1. The van der Waals surface area contributed by atoms with Crippen molar-refractivity contribution in [2.24, 2.45) is 0 Å². The Kier molecular flexibility index (Phi) is 3.99. The molecule has 0 saturated carbocycles. The van der Waals surface area contributed by atoms with E-state index in [1.165, 1.54) is 0 Å². The minimum absolute atomic E-state index is 0.0174. The Balaban J connectivity index is 2.07. The summed E-state index contributed by atoms with van der Waals surface area (Å²) in [4.78, 5) is 11.7. The van der Waals surface area contributed by atoms with Crippen molar-refractivity contribution in [1.82, 2.24) is 5.32 Å². The van der Waals surface area contributed by atoms with Gasteiger partial charge in [-0.05, 0) is 19.1 Å². The van der Waals surface area contributed by atoms with Gasteiger partial charge in [0.05, 0.1) is 19.3 Å². The van der Waals surface area contributed by atoms with Crippen LogP contribution in [0.1, 0.15) is 11.1 Å². The summed E-state index contributed by atoms with van der Waals surface area (Å²) in [5, 5.41) is 3.81. The summed E-state index contributed by atoms with van der Waals surface area (Å²) in [6, 6.07) is 5.96. The largest absolute Gasteiger partial charge is 0.464 e. The first-order valence-corrected chi connectivity index (χ1v) is 5.93. The average molecular weight is 247 g/mol. The molecule has 1 aromatic carbocycles. The van der Waals surface area contributed by atoms with Crippen LogP contribution in [0.25, 0.3) is 11.0 Å². The molecule has 96 valence electrons. The van der Waals surface area contributed by atoms with E-state index in [-0.39, 0.29) is 5.91 Å². The zero-order chi connectivity index (χ0) is 13.0. The summed E-state index contributed by atoms with van der Waals surface area (Å²) < 4.78 is 10.3. The number of carbonyl (C=O) groups excluding carboxylic acids is 1. The van der Waals surface area contributed by atoms with Crippen LogP contribution in [0.5, 0.6) is 0 Å². The van der Waals surface area contributed by atoms with Crippen molar-refractivity contribution in [3.63, 3.8) is 0 Å². The second-order valence-corrected chi connectivity index (χ2v) is 4.28. The van der Waals surface area contributed by atoms with Crippen molar-refractivity contribution in [2.45, 2.75) is 13.3 Å². The number of fused-ring (bicyclic) bond motifs is 1. The van der Waals surface area contributed by atoms with Crippen LogP contribution in [0.3, 0.4) is 0 Å². The molecule has 0 aliphatic heterocycles. The molecule has 1 aromatic heterocycles. The van der Waals surface area contributed by atoms with Gasteiger partial charge in [-0.1, -0.05) is 11.6 Å². The maximum atomic E-state index is 11.7. The van der Waals surface area contributed by atoms with Crippen LogP contribution in [0.2, 0.25) is 0 Å². The Labute approximate surface area is 106 Å². The Morgan fingerprint density at radius 2 is 2.28 bits per heavy atom. The highest BCUT2D eigenvalue weighted by Crippen LogP contribution is 2.22. The van der Waals surface area contributed by atoms with Crippen LogP contribution in [-0.4, -0.2) is 26.2 Å². The Bertz CT molecular complexity index is 545. The van der Waals surface area contributed by atoms with Gasteiger partial charge in [-0.25, -0.2) is 0 Å². The monoisotopic (exact) mass is 247 g/mol. The van der Waals surface area contributed by atoms with Gasteiger partial charge in [-0.2, -0.15) is 0 Å². The van der Waals surface area contributed by atoms with Crippen LogP contribution < -0.4 is 5.32 Å². The first kappa shape index (κ1) is 12.6. The molecule has 4 heteroatoms. The zero-order valence-corrected chi connectivity index (χ0v) is 10.7. The summed E-state index contributed by atoms with van der Waals surface area (Å²) in [7, 11) is 1.61. The quantitative estimate of drug-likeness (QED) is 0.823. The van der Waals surface area contributed by atoms with E-state index in [1.807, 2.05) is 25.1 Å². The minimum atomic E-state index is -0.0174. The Morgan fingerprint density at radius 1 is 1.44 bits per heavy atom. The van der Waals surface area contributed by atoms with Gasteiger partial charge in [0.15, 0.2) is 0 Å². The summed E-state index contributed by atoms with van der Waals surface area (Å²) in [5.74, 6) is -0.0174. The van der Waals surface area contributed by atoms with Gasteiger partial charge in [0.25, 0.3) is 0 Å². The number of ether oxygens (including phenoxy) is 1. The lowest BCUT2D eigenvalue weighted by Gasteiger charge is -2.03. The lowest BCUT2D eigenvalue weighted by molar-refractivity contribution is -0.120. The third kappa shape index (κ3) is 2.90. The normalized spacial score (nSPS) is 10.8. The summed E-state index contributed by atoms with van der Waals surface area (Å²) in [5.41, 5.74) is 2.90. The first-order valence-electron chi connectivity index (χ1n) is 5.93. The number of hydrogen-bond acceptors (Lipinski definition) is 3. The third-order valence-electron chi connectivity index (χ3n) is 2.79. The van der Waals surface area contributed by atoms with E-state index >= 15 is 0 Å². The van der Waals surface area contributed by atoms with Crippen molar-refractivity contribution >= 4 is 16.9 Å². The molecule has 0 unspecified atom stereocenters. The van der Waals surface area contributed by atoms with Crippen molar-refractivity contribution in [3.8, 4) is 0 Å². The number of benzene rings is 1. The van der Waals surface area contributed by atoms with E-state index in [4.69, 9.17) is 9.15 Å². The van der Waals surface area contributed by atoms with Crippen molar-refractivity contribution < 1.29 is 13.9 Å². The summed E-state index contributed by atoms with van der Waals surface area (Å²) in [6.07, 6.45) is 1.99. The van der Waals surface area contributed by atoms with Gasteiger partial charge in [-0.3, -0.25) is 4.79 Å². The highest BCUT2D eigenvalue weighted by atomic mass is 16.5. The number of aryl methyl sites for hydroxylation is 1. The maximum absolute atomic E-state index is 11.7. The third-order valence-corrected chi connectivity index (χ3v) is 2.79. The van der Waals surface area contributed by atoms with Gasteiger partial charge in [0.1, 0.15) is 5.58 Å². The lowest BCUT2D eigenvalue weighted by atomic mass is 10.1. The molecular weight excluding hydrogens is 230 g/mol. The summed E-state index contributed by atoms with van der Waals surface area (Å²) in [6.45, 7) is 3.08. The van der Waals surface area contributed by atoms with Crippen molar-refractivity contribution in [3.05, 3.63) is 35.6 Å². The fourth-order valence-corrected chi connectivity index (χ4v) is 1.86. The molecule has 0 saturated heterocycles. The Morgan fingerprint density at radius 3 is 3.06 bits per heavy atom. The van der Waals surface area contributed by atoms with E-state index in [0.717, 1.165) is 22.1 Å². The molecule has 2 rings (SSSR count). The van der Waals surface area contributed by atoms with Gasteiger partial charge in [-0.15, -0.1) is 0 Å². The SMILES string of the molecule is COCCNC(=O)Cc1coc2ccc(C)cc12. The number of carbonyl (C=O) groups is 1. The number of methoxy groups -OCH3 is 1. The second-order valence-electron chi connectivity index (χ2n) is 4.28. The molecule has 0 aliphatic carbocycles. The lowest BCUT2D eigenvalue weighted by Crippen LogP contribution is -2.28. The fraction of sp³-hybridized carbons (Fsp3) is 0.357. The highest BCUT2D eigenvalue weighted by molar-refractivity contribution is 5.87. The number of rotatable bonds is 5. The standard InChI is InChI=1S/C14H17NO3/c1-10-3-4-13-12(7-10)11(9-18-13)8-14(16)15-5-6-17-2/h3-4,7,9H,5-6,8H2,1-2H3,(H,15,16). The van der Waals surface area contributed by atoms with Crippen LogP contribution in [-0.2, 0) is 16.0 Å². The second kappa shape index (κ2) is 5.69. The fourth-order valence-electron chi connectivity index (χ4n) is 1.86. The zero-order valence-electron chi connectivity index (χ0n) is 10.7. The molecule has 0 radical (unpaired) electrons. The van der Waals surface area contributed by atoms with Crippen molar-refractivity contribution in [1.29, 1.82) is 0 Å². The van der Waals surface area contributed by atoms with E-state index in [0.29, 0.717) is 19.6 Å². The molecule has 1 N–H and O–H groups in total. The molecule has 0 atom stereocenters. The molecule has 0 spiro atoms. The topological polar surface area (TPSA) is 51.5 Å². The molecular formula is C14H17NO3. The molecule has 1 heterocycles. The molecule has 4 nitrogen and oxygen atoms in total. The number of nitrogens with one attached hydrogen (secondary N) is 1. The maximum Gasteiger partial charge on any atom is 0.224 e. The molecule has 0 aliphatic rings. The van der Waals surface area contributed by atoms with Crippen molar-refractivity contribution in [2.75, 3.05) is 20.3 Å². The average Bonchev–Trinajstić information content (AvgIpc) is 2.72. The molecule has 0 bridgehead atoms. The number of furan rings is 1. The van der Waals surface area contributed by atoms with E-state index in [9.17, 15) is 4.79 Å². The van der Waals surface area contributed by atoms with E-state index in [2.05, 4.69) is 5.32 Å². The van der Waals surface area contributed by atoms with Crippen LogP contribution in [0.4, 0.5) is 0 Å². The highest BCUT2D eigenvalue weighted by Gasteiger charge is 2.10. The predicted octanol–water partition coefficient (Wildman–Crippen LogP) is 2.05. The van der Waals surface area contributed by atoms with Gasteiger partial charge < -0.3 is 14.5 Å². The minimum Gasteiger partial charge on any atom is -0.464 e. The van der Waals surface area contributed by atoms with E-state index in [1.54, 1.807) is 13.4 Å². The summed E-state index contributed by atoms with van der Waals surface area (Å²) >= 11 is 0. The molecule has 18 heavy (non-hydrogen) atoms. The first-order chi connectivity index (χ1) is 8.70. The van der Waals surface area contributed by atoms with Gasteiger partial charge in [0, 0.05) is 24.6 Å². The molecule has 0 fully saturated rings. The molecule has 2 aromatic rings. The number of amides is 1.